The van der Waals surface area contributed by atoms with Gasteiger partial charge < -0.3 is 5.32 Å². The average Bonchev–Trinajstić information content (AvgIpc) is 2.39. The first-order valence-corrected chi connectivity index (χ1v) is 5.19. The lowest BCUT2D eigenvalue weighted by atomic mass is 9.99. The predicted octanol–water partition coefficient (Wildman–Crippen LogP) is 3.14. The molecule has 1 N–H and O–H groups in total. The number of hydrogen-bond acceptors (Lipinski definition) is 1. The second kappa shape index (κ2) is 6.06. The first-order valence-electron chi connectivity index (χ1n) is 5.19. The fourth-order valence-corrected chi connectivity index (χ4v) is 1.69. The zero-order chi connectivity index (χ0) is 11.4. The third-order valence-corrected chi connectivity index (χ3v) is 2.48. The molecule has 0 saturated heterocycles. The van der Waals surface area contributed by atoms with Gasteiger partial charge in [-0.2, -0.15) is 0 Å². The summed E-state index contributed by atoms with van der Waals surface area (Å²) in [7, 11) is 1.64. The van der Waals surface area contributed by atoms with Crippen LogP contribution in [0.2, 0.25) is 0 Å². The first kappa shape index (κ1) is 13.3. The lowest BCUT2D eigenvalue weighted by Gasteiger charge is -2.07. The van der Waals surface area contributed by atoms with Gasteiger partial charge in [-0.05, 0) is 17.2 Å². The lowest BCUT2D eigenvalue weighted by molar-refractivity contribution is 0.0964. The van der Waals surface area contributed by atoms with E-state index in [2.05, 4.69) is 5.32 Å². The van der Waals surface area contributed by atoms with E-state index < -0.39 is 0 Å². The van der Waals surface area contributed by atoms with Crippen LogP contribution in [0, 0.1) is 0 Å². The molecule has 0 radical (unpaired) electrons. The third-order valence-electron chi connectivity index (χ3n) is 2.48. The molecule has 3 heteroatoms. The summed E-state index contributed by atoms with van der Waals surface area (Å²) in [5.41, 5.74) is 2.72. The molecule has 2 aromatic rings. The fourth-order valence-electron chi connectivity index (χ4n) is 1.69. The van der Waals surface area contributed by atoms with Gasteiger partial charge in [0.05, 0.1) is 0 Å². The third kappa shape index (κ3) is 2.86. The number of halogens is 1. The van der Waals surface area contributed by atoms with Gasteiger partial charge in [0, 0.05) is 12.6 Å². The Morgan fingerprint density at radius 3 is 2.18 bits per heavy atom. The standard InChI is InChI=1S/C14H13NO.ClH/c1-15-14(16)13-10-6-5-9-12(13)11-7-3-2-4-8-11;/h2-10H,1H3,(H,15,16);1H. The number of rotatable bonds is 2. The van der Waals surface area contributed by atoms with Crippen LogP contribution in [0.15, 0.2) is 54.6 Å². The summed E-state index contributed by atoms with van der Waals surface area (Å²) in [5, 5.41) is 2.65. The lowest BCUT2D eigenvalue weighted by Crippen LogP contribution is -2.18. The van der Waals surface area contributed by atoms with Crippen molar-refractivity contribution >= 4 is 18.3 Å². The SMILES string of the molecule is CNC(=O)c1ccccc1-c1ccccc1.Cl. The number of hydrogen-bond donors (Lipinski definition) is 1. The van der Waals surface area contributed by atoms with Crippen LogP contribution in [0.5, 0.6) is 0 Å². The molecule has 0 unspecified atom stereocenters. The molecule has 0 saturated carbocycles. The monoisotopic (exact) mass is 247 g/mol. The highest BCUT2D eigenvalue weighted by Crippen LogP contribution is 2.22. The van der Waals surface area contributed by atoms with Gasteiger partial charge in [0.2, 0.25) is 0 Å². The molecule has 0 aliphatic carbocycles. The summed E-state index contributed by atoms with van der Waals surface area (Å²) < 4.78 is 0. The molecule has 17 heavy (non-hydrogen) atoms. The van der Waals surface area contributed by atoms with E-state index in [-0.39, 0.29) is 18.3 Å². The number of carbonyl (C=O) groups excluding carboxylic acids is 1. The van der Waals surface area contributed by atoms with Gasteiger partial charge in [-0.25, -0.2) is 0 Å². The summed E-state index contributed by atoms with van der Waals surface area (Å²) in [6.07, 6.45) is 0. The van der Waals surface area contributed by atoms with Gasteiger partial charge in [0.25, 0.3) is 5.91 Å². The summed E-state index contributed by atoms with van der Waals surface area (Å²) in [6, 6.07) is 17.5. The number of benzene rings is 2. The molecular formula is C14H14ClNO. The Hall–Kier alpha value is -1.80. The fraction of sp³-hybridized carbons (Fsp3) is 0.0714. The Kier molecular flexibility index (Phi) is 4.73. The molecule has 0 aromatic heterocycles. The predicted molar refractivity (Wildman–Crippen MR) is 72.5 cm³/mol. The molecule has 0 heterocycles. The van der Waals surface area contributed by atoms with Crippen LogP contribution in [-0.4, -0.2) is 13.0 Å². The zero-order valence-electron chi connectivity index (χ0n) is 9.51. The van der Waals surface area contributed by atoms with E-state index in [1.165, 1.54) is 0 Å². The van der Waals surface area contributed by atoms with Crippen LogP contribution in [0.1, 0.15) is 10.4 Å². The van der Waals surface area contributed by atoms with Crippen LogP contribution >= 0.6 is 12.4 Å². The molecular weight excluding hydrogens is 234 g/mol. The number of carbonyl (C=O) groups is 1. The van der Waals surface area contributed by atoms with Gasteiger partial charge in [0.1, 0.15) is 0 Å². The first-order chi connectivity index (χ1) is 7.83. The molecule has 2 nitrogen and oxygen atoms in total. The largest absolute Gasteiger partial charge is 0.355 e. The highest BCUT2D eigenvalue weighted by molar-refractivity contribution is 6.00. The molecule has 0 aliphatic rings. The highest BCUT2D eigenvalue weighted by atomic mass is 35.5. The van der Waals surface area contributed by atoms with Gasteiger partial charge >= 0.3 is 0 Å². The minimum atomic E-state index is -0.0561. The zero-order valence-corrected chi connectivity index (χ0v) is 10.3. The maximum atomic E-state index is 11.7. The topological polar surface area (TPSA) is 29.1 Å². The second-order valence-electron chi connectivity index (χ2n) is 3.49. The van der Waals surface area contributed by atoms with Crippen molar-refractivity contribution in [3.05, 3.63) is 60.2 Å². The molecule has 0 bridgehead atoms. The van der Waals surface area contributed by atoms with Crippen molar-refractivity contribution in [2.24, 2.45) is 0 Å². The number of nitrogens with one attached hydrogen (secondary N) is 1. The summed E-state index contributed by atoms with van der Waals surface area (Å²) in [4.78, 5) is 11.7. The quantitative estimate of drug-likeness (QED) is 0.868. The van der Waals surface area contributed by atoms with Crippen molar-refractivity contribution in [2.75, 3.05) is 7.05 Å². The van der Waals surface area contributed by atoms with E-state index in [4.69, 9.17) is 0 Å². The number of amides is 1. The van der Waals surface area contributed by atoms with Crippen LogP contribution in [0.4, 0.5) is 0 Å². The molecule has 2 aromatic carbocycles. The summed E-state index contributed by atoms with van der Waals surface area (Å²) in [5.74, 6) is -0.0561. The van der Waals surface area contributed by atoms with E-state index >= 15 is 0 Å². The maximum absolute atomic E-state index is 11.7. The summed E-state index contributed by atoms with van der Waals surface area (Å²) in [6.45, 7) is 0. The molecule has 0 atom stereocenters. The van der Waals surface area contributed by atoms with Crippen molar-refractivity contribution < 1.29 is 4.79 Å². The Labute approximate surface area is 107 Å². The molecule has 0 aliphatic heterocycles. The van der Waals surface area contributed by atoms with Gasteiger partial charge in [0.15, 0.2) is 0 Å². The molecule has 1 amide bonds. The average molecular weight is 248 g/mol. The van der Waals surface area contributed by atoms with E-state index in [1.807, 2.05) is 54.6 Å². The van der Waals surface area contributed by atoms with E-state index in [0.29, 0.717) is 5.56 Å². The van der Waals surface area contributed by atoms with Gasteiger partial charge in [-0.3, -0.25) is 4.79 Å². The molecule has 0 fully saturated rings. The highest BCUT2D eigenvalue weighted by Gasteiger charge is 2.09. The van der Waals surface area contributed by atoms with Gasteiger partial charge in [-0.15, -0.1) is 12.4 Å². The van der Waals surface area contributed by atoms with Crippen LogP contribution in [-0.2, 0) is 0 Å². The minimum absolute atomic E-state index is 0. The van der Waals surface area contributed by atoms with Crippen molar-refractivity contribution in [1.82, 2.24) is 5.32 Å². The Balaban J connectivity index is 0.00000144. The Morgan fingerprint density at radius 2 is 1.53 bits per heavy atom. The molecule has 2 rings (SSSR count). The van der Waals surface area contributed by atoms with Gasteiger partial charge in [-0.1, -0.05) is 48.5 Å². The second-order valence-corrected chi connectivity index (χ2v) is 3.49. The van der Waals surface area contributed by atoms with Crippen molar-refractivity contribution in [2.45, 2.75) is 0 Å². The Bertz CT molecular complexity index is 497. The Morgan fingerprint density at radius 1 is 0.941 bits per heavy atom. The molecule has 88 valence electrons. The maximum Gasteiger partial charge on any atom is 0.251 e. The van der Waals surface area contributed by atoms with E-state index in [0.717, 1.165) is 11.1 Å². The van der Waals surface area contributed by atoms with Crippen LogP contribution in [0.3, 0.4) is 0 Å². The van der Waals surface area contributed by atoms with E-state index in [9.17, 15) is 4.79 Å². The summed E-state index contributed by atoms with van der Waals surface area (Å²) >= 11 is 0. The normalized spacial score (nSPS) is 9.24. The van der Waals surface area contributed by atoms with E-state index in [1.54, 1.807) is 7.05 Å². The van der Waals surface area contributed by atoms with Crippen molar-refractivity contribution in [3.63, 3.8) is 0 Å². The van der Waals surface area contributed by atoms with Crippen molar-refractivity contribution in [1.29, 1.82) is 0 Å². The van der Waals surface area contributed by atoms with Crippen LogP contribution < -0.4 is 5.32 Å². The molecule has 0 spiro atoms. The van der Waals surface area contributed by atoms with Crippen molar-refractivity contribution in [3.8, 4) is 11.1 Å². The minimum Gasteiger partial charge on any atom is -0.355 e. The smallest absolute Gasteiger partial charge is 0.251 e. The van der Waals surface area contributed by atoms with Crippen LogP contribution in [0.25, 0.3) is 11.1 Å².